The summed E-state index contributed by atoms with van der Waals surface area (Å²) < 4.78 is 23.0. The Bertz CT molecular complexity index is 773. The van der Waals surface area contributed by atoms with Gasteiger partial charge in [-0.15, -0.1) is 0 Å². The smallest absolute Gasteiger partial charge is 0.165 e. The lowest BCUT2D eigenvalue weighted by Crippen LogP contribution is -2.38. The lowest BCUT2D eigenvalue weighted by molar-refractivity contribution is 0.0210. The maximum absolute atomic E-state index is 10.6. The molecule has 0 saturated heterocycles. The zero-order chi connectivity index (χ0) is 19.8. The molecule has 0 atom stereocenters. The lowest BCUT2D eigenvalue weighted by Gasteiger charge is -2.32. The number of nitrogens with one attached hydrogen (secondary N) is 1. The first-order chi connectivity index (χ1) is 13.6. The molecule has 1 aliphatic heterocycles. The molecule has 0 aromatic heterocycles. The van der Waals surface area contributed by atoms with E-state index in [9.17, 15) is 4.79 Å². The molecule has 0 aliphatic carbocycles. The molecule has 150 valence electrons. The van der Waals surface area contributed by atoms with Gasteiger partial charge in [-0.05, 0) is 63.2 Å². The van der Waals surface area contributed by atoms with Crippen LogP contribution in [0, 0.1) is 0 Å². The van der Waals surface area contributed by atoms with E-state index >= 15 is 0 Å². The fraction of sp³-hybridized carbons (Fsp3) is 0.409. The van der Waals surface area contributed by atoms with Gasteiger partial charge in [-0.1, -0.05) is 0 Å². The molecule has 0 saturated carbocycles. The minimum atomic E-state index is -0.302. The Kier molecular flexibility index (Phi) is 6.76. The average Bonchev–Trinajstić information content (AvgIpc) is 2.70. The van der Waals surface area contributed by atoms with E-state index in [-0.39, 0.29) is 5.60 Å². The summed E-state index contributed by atoms with van der Waals surface area (Å²) >= 11 is 0. The number of hydrogen-bond acceptors (Lipinski definition) is 6. The molecule has 2 aromatic rings. The van der Waals surface area contributed by atoms with Crippen molar-refractivity contribution in [3.8, 4) is 23.0 Å². The normalized spacial score (nSPS) is 14.4. The van der Waals surface area contributed by atoms with Crippen molar-refractivity contribution in [2.24, 2.45) is 0 Å². The quantitative estimate of drug-likeness (QED) is 0.499. The van der Waals surface area contributed by atoms with Crippen LogP contribution in [0.2, 0.25) is 0 Å². The Morgan fingerprint density at radius 2 is 1.75 bits per heavy atom. The van der Waals surface area contributed by atoms with Crippen LogP contribution in [-0.4, -0.2) is 44.8 Å². The van der Waals surface area contributed by atoms with E-state index in [2.05, 4.69) is 5.32 Å². The maximum Gasteiger partial charge on any atom is 0.165 e. The Hall–Kier alpha value is -2.73. The monoisotopic (exact) mass is 385 g/mol. The number of rotatable bonds is 10. The minimum absolute atomic E-state index is 0.302. The summed E-state index contributed by atoms with van der Waals surface area (Å²) in [6, 6.07) is 12.8. The zero-order valence-corrected chi connectivity index (χ0v) is 16.4. The van der Waals surface area contributed by atoms with E-state index in [1.54, 1.807) is 24.3 Å². The van der Waals surface area contributed by atoms with E-state index in [1.807, 2.05) is 32.0 Å². The number of hydrogen-bond donors (Lipinski definition) is 1. The van der Waals surface area contributed by atoms with Gasteiger partial charge in [0.1, 0.15) is 36.6 Å². The third kappa shape index (κ3) is 5.89. The van der Waals surface area contributed by atoms with E-state index < -0.39 is 0 Å². The van der Waals surface area contributed by atoms with Crippen molar-refractivity contribution in [3.05, 3.63) is 48.0 Å². The summed E-state index contributed by atoms with van der Waals surface area (Å²) in [6.07, 6.45) is 1.70. The van der Waals surface area contributed by atoms with Gasteiger partial charge in [0.15, 0.2) is 11.5 Å². The molecule has 0 radical (unpaired) electrons. The van der Waals surface area contributed by atoms with Crippen LogP contribution in [0.5, 0.6) is 23.0 Å². The van der Waals surface area contributed by atoms with Crippen molar-refractivity contribution < 1.29 is 23.7 Å². The van der Waals surface area contributed by atoms with Crippen molar-refractivity contribution in [2.45, 2.75) is 25.9 Å². The highest BCUT2D eigenvalue weighted by Crippen LogP contribution is 2.37. The van der Waals surface area contributed by atoms with Crippen LogP contribution >= 0.6 is 0 Å². The molecule has 0 bridgehead atoms. The second kappa shape index (κ2) is 9.46. The first-order valence-electron chi connectivity index (χ1n) is 9.53. The van der Waals surface area contributed by atoms with Gasteiger partial charge >= 0.3 is 0 Å². The van der Waals surface area contributed by atoms with Gasteiger partial charge in [-0.25, -0.2) is 0 Å². The van der Waals surface area contributed by atoms with Crippen molar-refractivity contribution >= 4 is 6.29 Å². The SMILES string of the molecule is CC1(C)COc2cc(OCCCNCCOc3ccc(C=O)cc3)ccc2O1. The summed E-state index contributed by atoms with van der Waals surface area (Å²) in [5.41, 5.74) is 0.344. The second-order valence-corrected chi connectivity index (χ2v) is 7.25. The Morgan fingerprint density at radius 1 is 1.00 bits per heavy atom. The van der Waals surface area contributed by atoms with Crippen LogP contribution < -0.4 is 24.3 Å². The predicted molar refractivity (Wildman–Crippen MR) is 107 cm³/mol. The van der Waals surface area contributed by atoms with Crippen LogP contribution in [0.1, 0.15) is 30.6 Å². The number of carbonyl (C=O) groups is 1. The molecule has 1 aliphatic rings. The van der Waals surface area contributed by atoms with Crippen LogP contribution in [-0.2, 0) is 0 Å². The first kappa shape index (κ1) is 20.0. The highest BCUT2D eigenvalue weighted by Gasteiger charge is 2.28. The molecule has 3 rings (SSSR count). The topological polar surface area (TPSA) is 66.0 Å². The van der Waals surface area contributed by atoms with Crippen molar-refractivity contribution in [1.82, 2.24) is 5.32 Å². The van der Waals surface area contributed by atoms with E-state index in [1.165, 1.54) is 0 Å². The van der Waals surface area contributed by atoms with Gasteiger partial charge in [0.05, 0.1) is 6.61 Å². The van der Waals surface area contributed by atoms with Gasteiger partial charge in [-0.2, -0.15) is 0 Å². The number of fused-ring (bicyclic) bond motifs is 1. The number of benzene rings is 2. The molecule has 28 heavy (non-hydrogen) atoms. The predicted octanol–water partition coefficient (Wildman–Crippen LogP) is 3.49. The van der Waals surface area contributed by atoms with Crippen molar-refractivity contribution in [3.63, 3.8) is 0 Å². The molecule has 0 spiro atoms. The molecule has 1 N–H and O–H groups in total. The second-order valence-electron chi connectivity index (χ2n) is 7.25. The van der Waals surface area contributed by atoms with E-state index in [4.69, 9.17) is 18.9 Å². The third-order valence-electron chi connectivity index (χ3n) is 4.21. The Labute approximate surface area is 165 Å². The van der Waals surface area contributed by atoms with Crippen molar-refractivity contribution in [1.29, 1.82) is 0 Å². The van der Waals surface area contributed by atoms with Gasteiger partial charge in [0.25, 0.3) is 0 Å². The maximum atomic E-state index is 10.6. The van der Waals surface area contributed by atoms with Gasteiger partial charge < -0.3 is 24.3 Å². The summed E-state index contributed by atoms with van der Waals surface area (Å²) in [6.45, 7) is 7.30. The molecule has 6 nitrogen and oxygen atoms in total. The molecule has 1 heterocycles. The van der Waals surface area contributed by atoms with Crippen molar-refractivity contribution in [2.75, 3.05) is 32.9 Å². The van der Waals surface area contributed by atoms with Crippen LogP contribution in [0.4, 0.5) is 0 Å². The van der Waals surface area contributed by atoms with Crippen LogP contribution in [0.3, 0.4) is 0 Å². The molecule has 0 amide bonds. The summed E-state index contributed by atoms with van der Waals surface area (Å²) in [4.78, 5) is 10.6. The van der Waals surface area contributed by atoms with E-state index in [0.29, 0.717) is 25.4 Å². The number of carbonyl (C=O) groups excluding carboxylic acids is 1. The van der Waals surface area contributed by atoms with Crippen LogP contribution in [0.15, 0.2) is 42.5 Å². The molecule has 6 heteroatoms. The molecular weight excluding hydrogens is 358 g/mol. The molecular formula is C22H27NO5. The largest absolute Gasteiger partial charge is 0.493 e. The molecule has 0 fully saturated rings. The Morgan fingerprint density at radius 3 is 2.54 bits per heavy atom. The van der Waals surface area contributed by atoms with Gasteiger partial charge in [0, 0.05) is 18.2 Å². The average molecular weight is 385 g/mol. The van der Waals surface area contributed by atoms with Crippen LogP contribution in [0.25, 0.3) is 0 Å². The number of ether oxygens (including phenoxy) is 4. The molecule has 0 unspecified atom stereocenters. The highest BCUT2D eigenvalue weighted by molar-refractivity contribution is 5.74. The van der Waals surface area contributed by atoms with Gasteiger partial charge in [0.2, 0.25) is 0 Å². The van der Waals surface area contributed by atoms with E-state index in [0.717, 1.165) is 48.8 Å². The third-order valence-corrected chi connectivity index (χ3v) is 4.21. The molecule has 2 aromatic carbocycles. The summed E-state index contributed by atoms with van der Waals surface area (Å²) in [7, 11) is 0. The first-order valence-corrected chi connectivity index (χ1v) is 9.53. The summed E-state index contributed by atoms with van der Waals surface area (Å²) in [5.74, 6) is 3.03. The fourth-order valence-corrected chi connectivity index (χ4v) is 2.75. The zero-order valence-electron chi connectivity index (χ0n) is 16.4. The fourth-order valence-electron chi connectivity index (χ4n) is 2.75. The highest BCUT2D eigenvalue weighted by atomic mass is 16.6. The standard InChI is InChI=1S/C22H27NO5/c1-22(2)16-27-21-14-19(8-9-20(21)28-22)25-12-3-10-23-11-13-26-18-6-4-17(15-24)5-7-18/h4-9,14-15,23H,3,10-13,16H2,1-2H3. The lowest BCUT2D eigenvalue weighted by atomic mass is 10.1. The Balaban J connectivity index is 1.27. The van der Waals surface area contributed by atoms with Gasteiger partial charge in [-0.3, -0.25) is 4.79 Å². The number of aldehydes is 1. The summed E-state index contributed by atoms with van der Waals surface area (Å²) in [5, 5.41) is 3.32. The minimum Gasteiger partial charge on any atom is -0.493 e.